The quantitative estimate of drug-likeness (QED) is 0.374. The Labute approximate surface area is 190 Å². The fourth-order valence-corrected chi connectivity index (χ4v) is 2.81. The van der Waals surface area contributed by atoms with Crippen LogP contribution in [-0.2, 0) is 16.2 Å². The molecule has 3 aromatic carbocycles. The summed E-state index contributed by atoms with van der Waals surface area (Å²) in [6, 6.07) is 21.3. The molecular formula is C24H20ClN3O4. The average molecular weight is 450 g/mol. The molecule has 0 heterocycles. The van der Waals surface area contributed by atoms with Gasteiger partial charge in [0.25, 0.3) is 5.91 Å². The van der Waals surface area contributed by atoms with Gasteiger partial charge in [-0.2, -0.15) is 5.26 Å². The van der Waals surface area contributed by atoms with Gasteiger partial charge in [0, 0.05) is 16.3 Å². The predicted molar refractivity (Wildman–Crippen MR) is 122 cm³/mol. The van der Waals surface area contributed by atoms with Gasteiger partial charge in [-0.3, -0.25) is 4.79 Å². The van der Waals surface area contributed by atoms with Crippen LogP contribution in [0.25, 0.3) is 0 Å². The van der Waals surface area contributed by atoms with E-state index in [1.54, 1.807) is 61.7 Å². The van der Waals surface area contributed by atoms with E-state index < -0.39 is 0 Å². The SMILES string of the molecule is COc1cc(/C=N/OCC(=O)Nc2cccc(C#N)c2)ccc1OCc1ccc(Cl)cc1. The Morgan fingerprint density at radius 3 is 2.69 bits per heavy atom. The number of anilines is 1. The summed E-state index contributed by atoms with van der Waals surface area (Å²) in [5, 5.41) is 16.0. The summed E-state index contributed by atoms with van der Waals surface area (Å²) in [6.07, 6.45) is 1.47. The van der Waals surface area contributed by atoms with E-state index in [1.165, 1.54) is 6.21 Å². The van der Waals surface area contributed by atoms with E-state index in [4.69, 9.17) is 31.2 Å². The normalized spacial score (nSPS) is 10.4. The molecule has 0 aliphatic heterocycles. The topological polar surface area (TPSA) is 92.9 Å². The summed E-state index contributed by atoms with van der Waals surface area (Å²) in [5.41, 5.74) is 2.66. The van der Waals surface area contributed by atoms with Crippen LogP contribution in [0.4, 0.5) is 5.69 Å². The molecule has 0 aliphatic carbocycles. The minimum absolute atomic E-state index is 0.271. The fourth-order valence-electron chi connectivity index (χ4n) is 2.68. The summed E-state index contributed by atoms with van der Waals surface area (Å²) < 4.78 is 11.2. The molecule has 0 aromatic heterocycles. The molecule has 0 bridgehead atoms. The van der Waals surface area contributed by atoms with E-state index in [2.05, 4.69) is 10.5 Å². The van der Waals surface area contributed by atoms with Crippen LogP contribution in [0, 0.1) is 11.3 Å². The molecular weight excluding hydrogens is 430 g/mol. The van der Waals surface area contributed by atoms with Crippen molar-refractivity contribution in [3.05, 3.63) is 88.4 Å². The van der Waals surface area contributed by atoms with Crippen molar-refractivity contribution in [2.45, 2.75) is 6.61 Å². The summed E-state index contributed by atoms with van der Waals surface area (Å²) in [5.74, 6) is 0.735. The number of carbonyl (C=O) groups is 1. The third-order valence-corrected chi connectivity index (χ3v) is 4.49. The predicted octanol–water partition coefficient (Wildman–Crippen LogP) is 4.79. The number of ether oxygens (including phenoxy) is 2. The first-order valence-corrected chi connectivity index (χ1v) is 9.96. The van der Waals surface area contributed by atoms with Gasteiger partial charge in [-0.05, 0) is 54.1 Å². The molecule has 7 nitrogen and oxygen atoms in total. The monoisotopic (exact) mass is 449 g/mol. The van der Waals surface area contributed by atoms with Gasteiger partial charge in [-0.25, -0.2) is 0 Å². The van der Waals surface area contributed by atoms with E-state index in [0.717, 1.165) is 5.56 Å². The first kappa shape index (κ1) is 22.7. The smallest absolute Gasteiger partial charge is 0.265 e. The minimum Gasteiger partial charge on any atom is -0.493 e. The van der Waals surface area contributed by atoms with Crippen molar-refractivity contribution in [3.63, 3.8) is 0 Å². The molecule has 162 valence electrons. The van der Waals surface area contributed by atoms with Gasteiger partial charge in [0.15, 0.2) is 18.1 Å². The first-order valence-electron chi connectivity index (χ1n) is 9.58. The number of benzene rings is 3. The number of halogens is 1. The Hall–Kier alpha value is -4.02. The Kier molecular flexibility index (Phi) is 8.07. The Bertz CT molecular complexity index is 1140. The molecule has 0 unspecified atom stereocenters. The maximum Gasteiger partial charge on any atom is 0.265 e. The van der Waals surface area contributed by atoms with Crippen molar-refractivity contribution in [3.8, 4) is 17.6 Å². The van der Waals surface area contributed by atoms with E-state index >= 15 is 0 Å². The van der Waals surface area contributed by atoms with Crippen LogP contribution in [-0.4, -0.2) is 25.8 Å². The van der Waals surface area contributed by atoms with Gasteiger partial charge in [-0.15, -0.1) is 0 Å². The minimum atomic E-state index is -0.388. The molecule has 3 rings (SSSR count). The van der Waals surface area contributed by atoms with Gasteiger partial charge < -0.3 is 19.6 Å². The summed E-state index contributed by atoms with van der Waals surface area (Å²) in [7, 11) is 1.55. The Morgan fingerprint density at radius 1 is 1.12 bits per heavy atom. The summed E-state index contributed by atoms with van der Waals surface area (Å²) in [6.45, 7) is 0.100. The van der Waals surface area contributed by atoms with E-state index in [1.807, 2.05) is 18.2 Å². The Morgan fingerprint density at radius 2 is 1.94 bits per heavy atom. The van der Waals surface area contributed by atoms with E-state index in [0.29, 0.717) is 39.9 Å². The number of nitriles is 1. The van der Waals surface area contributed by atoms with Crippen molar-refractivity contribution in [1.82, 2.24) is 0 Å². The van der Waals surface area contributed by atoms with Crippen LogP contribution in [0.5, 0.6) is 11.5 Å². The van der Waals surface area contributed by atoms with Crippen LogP contribution < -0.4 is 14.8 Å². The molecule has 0 spiro atoms. The van der Waals surface area contributed by atoms with Gasteiger partial charge in [0.05, 0.1) is 25.0 Å². The summed E-state index contributed by atoms with van der Waals surface area (Å²) >= 11 is 5.89. The molecule has 0 fully saturated rings. The second-order valence-electron chi connectivity index (χ2n) is 6.57. The molecule has 1 amide bonds. The van der Waals surface area contributed by atoms with Crippen molar-refractivity contribution in [2.75, 3.05) is 19.0 Å². The van der Waals surface area contributed by atoms with Gasteiger partial charge in [-0.1, -0.05) is 35.0 Å². The van der Waals surface area contributed by atoms with Gasteiger partial charge >= 0.3 is 0 Å². The number of oxime groups is 1. The fraction of sp³-hybridized carbons (Fsp3) is 0.125. The van der Waals surface area contributed by atoms with Crippen molar-refractivity contribution in [2.24, 2.45) is 5.16 Å². The molecule has 0 saturated heterocycles. The van der Waals surface area contributed by atoms with Crippen molar-refractivity contribution >= 4 is 29.4 Å². The largest absolute Gasteiger partial charge is 0.493 e. The van der Waals surface area contributed by atoms with Crippen molar-refractivity contribution < 1.29 is 19.1 Å². The Balaban J connectivity index is 1.51. The third kappa shape index (κ3) is 6.76. The molecule has 0 radical (unpaired) electrons. The lowest BCUT2D eigenvalue weighted by Gasteiger charge is -2.11. The number of carbonyl (C=O) groups excluding carboxylic acids is 1. The third-order valence-electron chi connectivity index (χ3n) is 4.24. The van der Waals surface area contributed by atoms with Gasteiger partial charge in [0.2, 0.25) is 0 Å². The molecule has 32 heavy (non-hydrogen) atoms. The number of rotatable bonds is 9. The first-order chi connectivity index (χ1) is 15.6. The highest BCUT2D eigenvalue weighted by molar-refractivity contribution is 6.30. The van der Waals surface area contributed by atoms with Crippen molar-refractivity contribution in [1.29, 1.82) is 5.26 Å². The van der Waals surface area contributed by atoms with Crippen LogP contribution in [0.15, 0.2) is 71.9 Å². The molecule has 8 heteroatoms. The molecule has 0 saturated carbocycles. The van der Waals surface area contributed by atoms with Crippen LogP contribution in [0.2, 0.25) is 5.02 Å². The molecule has 0 atom stereocenters. The highest BCUT2D eigenvalue weighted by Crippen LogP contribution is 2.28. The van der Waals surface area contributed by atoms with Crippen LogP contribution >= 0.6 is 11.6 Å². The highest BCUT2D eigenvalue weighted by atomic mass is 35.5. The molecule has 0 aliphatic rings. The average Bonchev–Trinajstić information content (AvgIpc) is 2.82. The maximum atomic E-state index is 11.9. The standard InChI is InChI=1S/C24H20ClN3O4/c1-30-23-12-19(7-10-22(23)31-15-17-5-8-20(25)9-6-17)14-27-32-16-24(29)28-21-4-2-3-18(11-21)13-26/h2-12,14H,15-16H2,1H3,(H,28,29)/b27-14+. The molecule has 1 N–H and O–H groups in total. The zero-order valence-corrected chi connectivity index (χ0v) is 18.0. The zero-order chi connectivity index (χ0) is 22.8. The lowest BCUT2D eigenvalue weighted by Crippen LogP contribution is -2.17. The van der Waals surface area contributed by atoms with Crippen LogP contribution in [0.3, 0.4) is 0 Å². The number of hydrogen-bond acceptors (Lipinski definition) is 6. The highest BCUT2D eigenvalue weighted by Gasteiger charge is 2.07. The van der Waals surface area contributed by atoms with E-state index in [-0.39, 0.29) is 12.5 Å². The number of nitrogens with zero attached hydrogens (tertiary/aromatic N) is 2. The number of nitrogens with one attached hydrogen (secondary N) is 1. The van der Waals surface area contributed by atoms with E-state index in [9.17, 15) is 4.79 Å². The second-order valence-corrected chi connectivity index (χ2v) is 7.01. The number of hydrogen-bond donors (Lipinski definition) is 1. The number of amides is 1. The van der Waals surface area contributed by atoms with Crippen LogP contribution in [0.1, 0.15) is 16.7 Å². The summed E-state index contributed by atoms with van der Waals surface area (Å²) in [4.78, 5) is 17.0. The lowest BCUT2D eigenvalue weighted by atomic mass is 10.2. The zero-order valence-electron chi connectivity index (χ0n) is 17.2. The maximum absolute atomic E-state index is 11.9. The second kappa shape index (κ2) is 11.4. The lowest BCUT2D eigenvalue weighted by molar-refractivity contribution is -0.120. The van der Waals surface area contributed by atoms with Gasteiger partial charge in [0.1, 0.15) is 6.61 Å². The molecule has 3 aromatic rings. The number of methoxy groups -OCH3 is 1.